The van der Waals surface area contributed by atoms with Crippen molar-refractivity contribution in [2.75, 3.05) is 6.54 Å². The van der Waals surface area contributed by atoms with Crippen LogP contribution in [0.3, 0.4) is 0 Å². The number of rotatable bonds is 2. The summed E-state index contributed by atoms with van der Waals surface area (Å²) in [4.78, 5) is 6.84. The summed E-state index contributed by atoms with van der Waals surface area (Å²) in [6, 6.07) is 3.35. The van der Waals surface area contributed by atoms with Crippen molar-refractivity contribution in [3.05, 3.63) is 29.6 Å². The van der Waals surface area contributed by atoms with Gasteiger partial charge in [0.15, 0.2) is 0 Å². The number of pyridine rings is 1. The summed E-state index contributed by atoms with van der Waals surface area (Å²) in [5.41, 5.74) is 2.80. The summed E-state index contributed by atoms with van der Waals surface area (Å²) in [6.45, 7) is 7.98. The molecule has 2 nitrogen and oxygen atoms in total. The summed E-state index contributed by atoms with van der Waals surface area (Å²) in [5.74, 6) is 0. The van der Waals surface area contributed by atoms with Gasteiger partial charge in [0.25, 0.3) is 0 Å². The summed E-state index contributed by atoms with van der Waals surface area (Å²) < 4.78 is 0. The lowest BCUT2D eigenvalue weighted by atomic mass is 10.0. The number of hydrogen-bond donors (Lipinski definition) is 0. The highest BCUT2D eigenvalue weighted by Gasteiger charge is 2.28. The van der Waals surface area contributed by atoms with Crippen LogP contribution in [0.5, 0.6) is 0 Å². The van der Waals surface area contributed by atoms with Crippen LogP contribution in [0.2, 0.25) is 0 Å². The predicted molar refractivity (Wildman–Crippen MR) is 62.8 cm³/mol. The van der Waals surface area contributed by atoms with Crippen LogP contribution in [-0.2, 0) is 0 Å². The summed E-state index contributed by atoms with van der Waals surface area (Å²) in [6.07, 6.45) is 6.52. The smallest absolute Gasteiger partial charge is 0.0369 e. The molecule has 1 aliphatic heterocycles. The molecule has 0 aromatic carbocycles. The molecule has 1 aromatic rings. The Hall–Kier alpha value is -0.890. The molecular formula is C13H20N2. The molecule has 0 spiro atoms. The van der Waals surface area contributed by atoms with Gasteiger partial charge in [-0.3, -0.25) is 9.88 Å². The van der Waals surface area contributed by atoms with Gasteiger partial charge in [-0.25, -0.2) is 0 Å². The minimum Gasteiger partial charge on any atom is -0.294 e. The van der Waals surface area contributed by atoms with Crippen molar-refractivity contribution in [3.8, 4) is 0 Å². The zero-order valence-corrected chi connectivity index (χ0v) is 9.90. The minimum atomic E-state index is 0.596. The normalized spacial score (nSPS) is 22.5. The second-order valence-electron chi connectivity index (χ2n) is 4.72. The van der Waals surface area contributed by atoms with Gasteiger partial charge in [0, 0.05) is 24.5 Å². The Labute approximate surface area is 92.3 Å². The highest BCUT2D eigenvalue weighted by Crippen LogP contribution is 2.34. The fraction of sp³-hybridized carbons (Fsp3) is 0.615. The molecule has 15 heavy (non-hydrogen) atoms. The third kappa shape index (κ3) is 2.05. The first-order chi connectivity index (χ1) is 7.20. The Bertz CT molecular complexity index is 333. The maximum atomic E-state index is 4.26. The first-order valence-corrected chi connectivity index (χ1v) is 5.86. The van der Waals surface area contributed by atoms with Crippen molar-refractivity contribution < 1.29 is 0 Å². The van der Waals surface area contributed by atoms with E-state index in [1.54, 1.807) is 0 Å². The van der Waals surface area contributed by atoms with E-state index in [-0.39, 0.29) is 0 Å². The molecule has 1 fully saturated rings. The molecule has 82 valence electrons. The topological polar surface area (TPSA) is 16.1 Å². The summed E-state index contributed by atoms with van der Waals surface area (Å²) in [7, 11) is 0. The Morgan fingerprint density at radius 1 is 1.47 bits per heavy atom. The van der Waals surface area contributed by atoms with Gasteiger partial charge in [-0.05, 0) is 57.4 Å². The van der Waals surface area contributed by atoms with Crippen molar-refractivity contribution in [3.63, 3.8) is 0 Å². The van der Waals surface area contributed by atoms with E-state index in [0.29, 0.717) is 12.1 Å². The lowest BCUT2D eigenvalue weighted by molar-refractivity contribution is 0.205. The molecule has 0 N–H and O–H groups in total. The van der Waals surface area contributed by atoms with Crippen molar-refractivity contribution in [2.45, 2.75) is 45.7 Å². The van der Waals surface area contributed by atoms with E-state index in [9.17, 15) is 0 Å². The number of likely N-dealkylation sites (tertiary alicyclic amines) is 1. The molecule has 1 atom stereocenters. The van der Waals surface area contributed by atoms with Crippen LogP contribution in [0.1, 0.15) is 43.9 Å². The van der Waals surface area contributed by atoms with E-state index >= 15 is 0 Å². The second kappa shape index (κ2) is 4.31. The molecule has 0 radical (unpaired) electrons. The molecule has 0 bridgehead atoms. The van der Waals surface area contributed by atoms with Gasteiger partial charge in [0.1, 0.15) is 0 Å². The maximum absolute atomic E-state index is 4.26. The maximum Gasteiger partial charge on any atom is 0.0369 e. The lowest BCUT2D eigenvalue weighted by Crippen LogP contribution is -2.30. The SMILES string of the molecule is Cc1ccncc1[C@@H]1CCCN1C(C)C. The first-order valence-electron chi connectivity index (χ1n) is 5.86. The zero-order chi connectivity index (χ0) is 10.8. The van der Waals surface area contributed by atoms with E-state index in [4.69, 9.17) is 0 Å². The molecule has 1 aliphatic rings. The van der Waals surface area contributed by atoms with Gasteiger partial charge in [-0.15, -0.1) is 0 Å². The van der Waals surface area contributed by atoms with Crippen LogP contribution in [0.15, 0.2) is 18.5 Å². The summed E-state index contributed by atoms with van der Waals surface area (Å²) in [5, 5.41) is 0. The van der Waals surface area contributed by atoms with Crippen molar-refractivity contribution >= 4 is 0 Å². The highest BCUT2D eigenvalue weighted by molar-refractivity contribution is 5.26. The average Bonchev–Trinajstić information content (AvgIpc) is 2.67. The van der Waals surface area contributed by atoms with E-state index in [1.807, 2.05) is 12.4 Å². The molecule has 2 rings (SSSR count). The van der Waals surface area contributed by atoms with Crippen molar-refractivity contribution in [2.24, 2.45) is 0 Å². The molecule has 0 amide bonds. The van der Waals surface area contributed by atoms with Crippen LogP contribution in [0, 0.1) is 6.92 Å². The van der Waals surface area contributed by atoms with Crippen LogP contribution >= 0.6 is 0 Å². The van der Waals surface area contributed by atoms with Crippen LogP contribution in [-0.4, -0.2) is 22.5 Å². The van der Waals surface area contributed by atoms with Gasteiger partial charge in [0.2, 0.25) is 0 Å². The molecule has 0 unspecified atom stereocenters. The first kappa shape index (κ1) is 10.6. The Morgan fingerprint density at radius 3 is 2.93 bits per heavy atom. The molecule has 0 saturated carbocycles. The highest BCUT2D eigenvalue weighted by atomic mass is 15.2. The second-order valence-corrected chi connectivity index (χ2v) is 4.72. The van der Waals surface area contributed by atoms with Crippen molar-refractivity contribution in [1.29, 1.82) is 0 Å². The molecule has 2 heteroatoms. The average molecular weight is 204 g/mol. The van der Waals surface area contributed by atoms with Gasteiger partial charge < -0.3 is 0 Å². The fourth-order valence-corrected chi connectivity index (χ4v) is 2.57. The lowest BCUT2D eigenvalue weighted by Gasteiger charge is -2.29. The van der Waals surface area contributed by atoms with E-state index in [2.05, 4.69) is 36.7 Å². The summed E-state index contributed by atoms with van der Waals surface area (Å²) >= 11 is 0. The van der Waals surface area contributed by atoms with Crippen molar-refractivity contribution in [1.82, 2.24) is 9.88 Å². The van der Waals surface area contributed by atoms with Gasteiger partial charge in [-0.2, -0.15) is 0 Å². The fourth-order valence-electron chi connectivity index (χ4n) is 2.57. The number of hydrogen-bond acceptors (Lipinski definition) is 2. The number of aromatic nitrogens is 1. The predicted octanol–water partition coefficient (Wildman–Crippen LogP) is 2.94. The zero-order valence-electron chi connectivity index (χ0n) is 9.90. The molecule has 1 aromatic heterocycles. The van der Waals surface area contributed by atoms with E-state index < -0.39 is 0 Å². The van der Waals surface area contributed by atoms with E-state index in [0.717, 1.165) is 0 Å². The molecule has 2 heterocycles. The quantitative estimate of drug-likeness (QED) is 0.736. The Balaban J connectivity index is 2.27. The monoisotopic (exact) mass is 204 g/mol. The largest absolute Gasteiger partial charge is 0.294 e. The minimum absolute atomic E-state index is 0.596. The van der Waals surface area contributed by atoms with Crippen LogP contribution < -0.4 is 0 Å². The Kier molecular flexibility index (Phi) is 3.06. The number of aryl methyl sites for hydroxylation is 1. The van der Waals surface area contributed by atoms with Gasteiger partial charge >= 0.3 is 0 Å². The third-order valence-electron chi connectivity index (χ3n) is 3.40. The van der Waals surface area contributed by atoms with E-state index in [1.165, 1.54) is 30.5 Å². The molecule has 1 saturated heterocycles. The van der Waals surface area contributed by atoms with Gasteiger partial charge in [0.05, 0.1) is 0 Å². The van der Waals surface area contributed by atoms with Gasteiger partial charge in [-0.1, -0.05) is 0 Å². The molecule has 0 aliphatic carbocycles. The van der Waals surface area contributed by atoms with Crippen LogP contribution in [0.4, 0.5) is 0 Å². The molecular weight excluding hydrogens is 184 g/mol. The standard InChI is InChI=1S/C13H20N2/c1-10(2)15-8-4-5-13(15)12-9-14-7-6-11(12)3/h6-7,9-10,13H,4-5,8H2,1-3H3/t13-/m0/s1. The Morgan fingerprint density at radius 2 is 2.27 bits per heavy atom. The third-order valence-corrected chi connectivity index (χ3v) is 3.40. The van der Waals surface area contributed by atoms with Crippen LogP contribution in [0.25, 0.3) is 0 Å². The number of nitrogens with zero attached hydrogens (tertiary/aromatic N) is 2.